The molecule has 0 bridgehead atoms. The summed E-state index contributed by atoms with van der Waals surface area (Å²) in [5.41, 5.74) is 1.58. The molecule has 1 rings (SSSR count). The van der Waals surface area contributed by atoms with Crippen molar-refractivity contribution in [3.8, 4) is 0 Å². The summed E-state index contributed by atoms with van der Waals surface area (Å²) in [5, 5.41) is 12.0. The number of aryl methyl sites for hydroxylation is 1. The second kappa shape index (κ2) is 6.19. The molecule has 102 valence electrons. The molecule has 18 heavy (non-hydrogen) atoms. The van der Waals surface area contributed by atoms with Gasteiger partial charge in [-0.25, -0.2) is 0 Å². The summed E-state index contributed by atoms with van der Waals surface area (Å²) < 4.78 is 6.87. The Bertz CT molecular complexity index is 383. The average Bonchev–Trinajstić information content (AvgIpc) is 2.24. The zero-order valence-electron chi connectivity index (χ0n) is 12.2. The van der Waals surface area contributed by atoms with E-state index in [0.717, 1.165) is 23.1 Å². The summed E-state index contributed by atoms with van der Waals surface area (Å²) in [6.07, 6.45) is 3.57. The fourth-order valence-electron chi connectivity index (χ4n) is 1.92. The average molecular weight is 251 g/mol. The third-order valence-electron chi connectivity index (χ3n) is 2.93. The molecular weight excluding hydrogens is 226 g/mol. The SMILES string of the molecule is CCCCO[C@@H](c1ccc(C)c[n+]1[O-])C(C)(C)C. The van der Waals surface area contributed by atoms with Gasteiger partial charge in [-0.3, -0.25) is 0 Å². The molecule has 0 N–H and O–H groups in total. The molecule has 0 spiro atoms. The summed E-state index contributed by atoms with van der Waals surface area (Å²) in [6.45, 7) is 11.1. The van der Waals surface area contributed by atoms with Gasteiger partial charge in [-0.2, -0.15) is 4.73 Å². The van der Waals surface area contributed by atoms with Crippen LogP contribution in [0, 0.1) is 17.5 Å². The van der Waals surface area contributed by atoms with Crippen molar-refractivity contribution >= 4 is 0 Å². The highest BCUT2D eigenvalue weighted by molar-refractivity contribution is 5.11. The molecule has 1 aromatic rings. The van der Waals surface area contributed by atoms with Crippen molar-refractivity contribution in [2.24, 2.45) is 5.41 Å². The molecule has 0 amide bonds. The van der Waals surface area contributed by atoms with Gasteiger partial charge in [0.25, 0.3) is 0 Å². The van der Waals surface area contributed by atoms with E-state index in [-0.39, 0.29) is 11.5 Å². The van der Waals surface area contributed by atoms with Gasteiger partial charge in [-0.1, -0.05) is 34.1 Å². The lowest BCUT2D eigenvalue weighted by atomic mass is 9.86. The smallest absolute Gasteiger partial charge is 0.222 e. The van der Waals surface area contributed by atoms with Crippen molar-refractivity contribution in [2.75, 3.05) is 6.61 Å². The molecule has 0 aliphatic carbocycles. The van der Waals surface area contributed by atoms with Gasteiger partial charge in [-0.05, 0) is 24.8 Å². The van der Waals surface area contributed by atoms with Crippen molar-refractivity contribution in [3.63, 3.8) is 0 Å². The Morgan fingerprint density at radius 3 is 2.50 bits per heavy atom. The van der Waals surface area contributed by atoms with Gasteiger partial charge >= 0.3 is 0 Å². The first-order valence-electron chi connectivity index (χ1n) is 6.67. The first-order valence-corrected chi connectivity index (χ1v) is 6.67. The lowest BCUT2D eigenvalue weighted by Crippen LogP contribution is -2.38. The zero-order valence-corrected chi connectivity index (χ0v) is 12.2. The van der Waals surface area contributed by atoms with E-state index in [1.807, 2.05) is 19.1 Å². The van der Waals surface area contributed by atoms with Crippen LogP contribution in [0.2, 0.25) is 0 Å². The number of hydrogen-bond donors (Lipinski definition) is 0. The molecule has 0 fully saturated rings. The van der Waals surface area contributed by atoms with Crippen LogP contribution in [-0.2, 0) is 4.74 Å². The minimum Gasteiger partial charge on any atom is -0.618 e. The molecule has 1 aromatic heterocycles. The summed E-state index contributed by atoms with van der Waals surface area (Å²) in [7, 11) is 0. The largest absolute Gasteiger partial charge is 0.618 e. The summed E-state index contributed by atoms with van der Waals surface area (Å²) in [4.78, 5) is 0. The second-order valence-electron chi connectivity index (χ2n) is 5.93. The van der Waals surface area contributed by atoms with Crippen LogP contribution in [0.1, 0.15) is 57.9 Å². The minimum absolute atomic E-state index is 0.0881. The maximum atomic E-state index is 12.0. The maximum Gasteiger partial charge on any atom is 0.222 e. The second-order valence-corrected chi connectivity index (χ2v) is 5.93. The molecular formula is C15H25NO2. The number of ether oxygens (including phenoxy) is 1. The zero-order chi connectivity index (χ0) is 13.8. The Kier molecular flexibility index (Phi) is 5.15. The Hall–Kier alpha value is -1.09. The van der Waals surface area contributed by atoms with Gasteiger partial charge in [0.1, 0.15) is 6.10 Å². The molecule has 1 heterocycles. The van der Waals surface area contributed by atoms with Gasteiger partial charge in [-0.15, -0.1) is 0 Å². The van der Waals surface area contributed by atoms with Gasteiger partial charge < -0.3 is 9.94 Å². The summed E-state index contributed by atoms with van der Waals surface area (Å²) >= 11 is 0. The Balaban J connectivity index is 2.95. The van der Waals surface area contributed by atoms with Crippen molar-refractivity contribution < 1.29 is 9.47 Å². The van der Waals surface area contributed by atoms with Crippen molar-refractivity contribution in [3.05, 3.63) is 34.8 Å². The Labute approximate surface area is 110 Å². The third kappa shape index (κ3) is 3.98. The van der Waals surface area contributed by atoms with Crippen LogP contribution in [0.3, 0.4) is 0 Å². The predicted molar refractivity (Wildman–Crippen MR) is 73.2 cm³/mol. The molecule has 3 heteroatoms. The first kappa shape index (κ1) is 15.0. The summed E-state index contributed by atoms with van der Waals surface area (Å²) in [6, 6.07) is 3.84. The molecule has 0 radical (unpaired) electrons. The van der Waals surface area contributed by atoms with Crippen LogP contribution in [0.5, 0.6) is 0 Å². The van der Waals surface area contributed by atoms with Crippen LogP contribution in [0.4, 0.5) is 0 Å². The fourth-order valence-corrected chi connectivity index (χ4v) is 1.92. The Morgan fingerprint density at radius 2 is 2.00 bits per heavy atom. The number of nitrogens with zero attached hydrogens (tertiary/aromatic N) is 1. The molecule has 3 nitrogen and oxygen atoms in total. The van der Waals surface area contributed by atoms with Gasteiger partial charge in [0.05, 0.1) is 0 Å². The van der Waals surface area contributed by atoms with Gasteiger partial charge in [0.2, 0.25) is 5.69 Å². The lowest BCUT2D eigenvalue weighted by Gasteiger charge is -2.29. The summed E-state index contributed by atoms with van der Waals surface area (Å²) in [5.74, 6) is 0. The number of rotatable bonds is 5. The van der Waals surface area contributed by atoms with Crippen molar-refractivity contribution in [2.45, 2.75) is 53.6 Å². The minimum atomic E-state index is -0.165. The quantitative estimate of drug-likeness (QED) is 0.456. The monoisotopic (exact) mass is 251 g/mol. The van der Waals surface area contributed by atoms with E-state index in [2.05, 4.69) is 27.7 Å². The van der Waals surface area contributed by atoms with Crippen LogP contribution in [-0.4, -0.2) is 6.61 Å². The number of pyridine rings is 1. The van der Waals surface area contributed by atoms with Crippen molar-refractivity contribution in [1.82, 2.24) is 0 Å². The van der Waals surface area contributed by atoms with Crippen LogP contribution in [0.25, 0.3) is 0 Å². The standard InChI is InChI=1S/C15H25NO2/c1-6-7-10-18-14(15(3,4)5)13-9-8-12(2)11-16(13)17/h8-9,11,14H,6-7,10H2,1-5H3/t14-/m0/s1. The maximum absolute atomic E-state index is 12.0. The highest BCUT2D eigenvalue weighted by Gasteiger charge is 2.32. The lowest BCUT2D eigenvalue weighted by molar-refractivity contribution is -0.620. The topological polar surface area (TPSA) is 36.2 Å². The van der Waals surface area contributed by atoms with Gasteiger partial charge in [0.15, 0.2) is 6.20 Å². The highest BCUT2D eigenvalue weighted by Crippen LogP contribution is 2.34. The highest BCUT2D eigenvalue weighted by atomic mass is 16.5. The van der Waals surface area contributed by atoms with E-state index in [0.29, 0.717) is 12.3 Å². The van der Waals surface area contributed by atoms with E-state index in [9.17, 15) is 5.21 Å². The molecule has 0 saturated heterocycles. The molecule has 1 atom stereocenters. The number of hydrogen-bond acceptors (Lipinski definition) is 2. The molecule has 0 aliphatic rings. The number of unbranched alkanes of at least 4 members (excludes halogenated alkanes) is 1. The third-order valence-corrected chi connectivity index (χ3v) is 2.93. The van der Waals surface area contributed by atoms with Crippen LogP contribution < -0.4 is 4.73 Å². The number of aromatic nitrogens is 1. The van der Waals surface area contributed by atoms with E-state index in [1.165, 1.54) is 0 Å². The van der Waals surface area contributed by atoms with E-state index in [1.54, 1.807) is 6.20 Å². The van der Waals surface area contributed by atoms with Crippen molar-refractivity contribution in [1.29, 1.82) is 0 Å². The Morgan fingerprint density at radius 1 is 1.33 bits per heavy atom. The molecule has 0 aromatic carbocycles. The molecule has 0 saturated carbocycles. The van der Waals surface area contributed by atoms with Gasteiger partial charge in [0, 0.05) is 18.2 Å². The molecule has 0 unspecified atom stereocenters. The molecule has 0 aliphatic heterocycles. The van der Waals surface area contributed by atoms with E-state index in [4.69, 9.17) is 4.74 Å². The normalized spacial score (nSPS) is 13.6. The van der Waals surface area contributed by atoms with E-state index >= 15 is 0 Å². The van der Waals surface area contributed by atoms with Crippen LogP contribution in [0.15, 0.2) is 18.3 Å². The first-order chi connectivity index (χ1) is 8.36. The van der Waals surface area contributed by atoms with Crippen LogP contribution >= 0.6 is 0 Å². The van der Waals surface area contributed by atoms with E-state index < -0.39 is 0 Å². The fraction of sp³-hybridized carbons (Fsp3) is 0.667. The predicted octanol–water partition coefficient (Wildman–Crippen LogP) is 3.53.